The highest BCUT2D eigenvalue weighted by Crippen LogP contribution is 2.34. The molecule has 0 aromatic rings. The van der Waals surface area contributed by atoms with Gasteiger partial charge in [-0.05, 0) is 43.9 Å². The van der Waals surface area contributed by atoms with Crippen molar-refractivity contribution in [2.75, 3.05) is 6.61 Å². The number of unbranched alkanes of at least 4 members (excludes halogenated alkanes) is 1. The molecule has 0 aliphatic heterocycles. The van der Waals surface area contributed by atoms with Crippen LogP contribution < -0.4 is 0 Å². The van der Waals surface area contributed by atoms with E-state index in [1.54, 1.807) is 0 Å². The van der Waals surface area contributed by atoms with Gasteiger partial charge >= 0.3 is 5.97 Å². The maximum atomic E-state index is 11.5. The maximum absolute atomic E-state index is 11.5. The fourth-order valence-electron chi connectivity index (χ4n) is 2.84. The van der Waals surface area contributed by atoms with E-state index in [1.165, 1.54) is 38.5 Å². The lowest BCUT2D eigenvalue weighted by Gasteiger charge is -2.22. The number of allylic oxidation sites excluding steroid dienone is 1. The Bertz CT molecular complexity index is 315. The summed E-state index contributed by atoms with van der Waals surface area (Å²) >= 11 is 6.08. The van der Waals surface area contributed by atoms with E-state index in [1.807, 2.05) is 6.08 Å². The lowest BCUT2D eigenvalue weighted by Crippen LogP contribution is -2.12. The van der Waals surface area contributed by atoms with Gasteiger partial charge in [-0.25, -0.2) is 0 Å². The van der Waals surface area contributed by atoms with Crippen LogP contribution in [0.15, 0.2) is 12.2 Å². The van der Waals surface area contributed by atoms with Crippen molar-refractivity contribution in [1.29, 1.82) is 0 Å². The van der Waals surface area contributed by atoms with Gasteiger partial charge < -0.3 is 4.74 Å². The van der Waals surface area contributed by atoms with Crippen LogP contribution in [0.2, 0.25) is 0 Å². The molecule has 0 N–H and O–H groups in total. The standard InChI is InChI=1S/C17H27ClO2/c18-16-11-9-15(10-12-16)5-3-13-20-17(19)6-2-1-4-14-7-8-14/h3,5,14-16H,1-2,4,6-13H2. The molecule has 0 amide bonds. The molecule has 3 heteroatoms. The lowest BCUT2D eigenvalue weighted by atomic mass is 9.89. The third-order valence-corrected chi connectivity index (χ3v) is 4.83. The van der Waals surface area contributed by atoms with Gasteiger partial charge in [0.1, 0.15) is 6.61 Å². The second-order valence-corrected chi connectivity index (χ2v) is 6.93. The minimum absolute atomic E-state index is 0.0464. The maximum Gasteiger partial charge on any atom is 0.306 e. The number of alkyl halides is 1. The van der Waals surface area contributed by atoms with Crippen LogP contribution in [-0.2, 0) is 9.53 Å². The Morgan fingerprint density at radius 3 is 2.55 bits per heavy atom. The molecule has 2 fully saturated rings. The van der Waals surface area contributed by atoms with Crippen molar-refractivity contribution < 1.29 is 9.53 Å². The molecule has 0 bridgehead atoms. The van der Waals surface area contributed by atoms with Crippen LogP contribution in [0.3, 0.4) is 0 Å². The zero-order valence-corrected chi connectivity index (χ0v) is 13.1. The zero-order chi connectivity index (χ0) is 14.2. The van der Waals surface area contributed by atoms with Gasteiger partial charge in [0.15, 0.2) is 0 Å². The minimum Gasteiger partial charge on any atom is -0.461 e. The molecule has 2 aliphatic rings. The van der Waals surface area contributed by atoms with Gasteiger partial charge in [-0.2, -0.15) is 0 Å². The first-order chi connectivity index (χ1) is 9.74. The summed E-state index contributed by atoms with van der Waals surface area (Å²) in [6, 6.07) is 0. The molecule has 114 valence electrons. The van der Waals surface area contributed by atoms with Crippen molar-refractivity contribution >= 4 is 17.6 Å². The average molecular weight is 299 g/mol. The summed E-state index contributed by atoms with van der Waals surface area (Å²) in [7, 11) is 0. The van der Waals surface area contributed by atoms with Crippen molar-refractivity contribution in [1.82, 2.24) is 0 Å². The summed E-state index contributed by atoms with van der Waals surface area (Å²) in [4.78, 5) is 11.5. The van der Waals surface area contributed by atoms with Gasteiger partial charge in [0.2, 0.25) is 0 Å². The van der Waals surface area contributed by atoms with E-state index in [2.05, 4.69) is 6.08 Å². The first-order valence-electron chi connectivity index (χ1n) is 8.20. The molecule has 0 unspecified atom stereocenters. The Kier molecular flexibility index (Phi) is 6.92. The van der Waals surface area contributed by atoms with Gasteiger partial charge in [-0.1, -0.05) is 37.8 Å². The topological polar surface area (TPSA) is 26.3 Å². The number of hydrogen-bond donors (Lipinski definition) is 0. The van der Waals surface area contributed by atoms with Crippen LogP contribution in [-0.4, -0.2) is 18.0 Å². The van der Waals surface area contributed by atoms with Crippen molar-refractivity contribution in [3.63, 3.8) is 0 Å². The molecule has 0 atom stereocenters. The first-order valence-corrected chi connectivity index (χ1v) is 8.64. The summed E-state index contributed by atoms with van der Waals surface area (Å²) in [5.41, 5.74) is 0. The van der Waals surface area contributed by atoms with Crippen LogP contribution in [0.25, 0.3) is 0 Å². The van der Waals surface area contributed by atoms with E-state index in [-0.39, 0.29) is 5.97 Å². The molecule has 20 heavy (non-hydrogen) atoms. The predicted octanol–water partition coefficient (Wildman–Crippen LogP) is 4.85. The average Bonchev–Trinajstić information content (AvgIpc) is 3.26. The predicted molar refractivity (Wildman–Crippen MR) is 82.9 cm³/mol. The summed E-state index contributed by atoms with van der Waals surface area (Å²) in [5.74, 6) is 1.55. The Labute approximate surface area is 127 Å². The van der Waals surface area contributed by atoms with Crippen molar-refractivity contribution in [3.8, 4) is 0 Å². The largest absolute Gasteiger partial charge is 0.461 e. The molecule has 2 nitrogen and oxygen atoms in total. The normalized spacial score (nSPS) is 26.9. The SMILES string of the molecule is O=C(CCCCC1CC1)OCC=CC1CCC(Cl)CC1. The van der Waals surface area contributed by atoms with Gasteiger partial charge in [0.25, 0.3) is 0 Å². The molecule has 0 aromatic carbocycles. The third kappa shape index (κ3) is 6.78. The van der Waals surface area contributed by atoms with E-state index < -0.39 is 0 Å². The van der Waals surface area contributed by atoms with Crippen LogP contribution >= 0.6 is 11.6 Å². The van der Waals surface area contributed by atoms with Crippen LogP contribution in [0.4, 0.5) is 0 Å². The third-order valence-electron chi connectivity index (χ3n) is 4.39. The fraction of sp³-hybridized carbons (Fsp3) is 0.824. The van der Waals surface area contributed by atoms with Gasteiger partial charge in [0.05, 0.1) is 0 Å². The Hall–Kier alpha value is -0.500. The summed E-state index contributed by atoms with van der Waals surface area (Å²) in [5, 5.41) is 0.369. The highest BCUT2D eigenvalue weighted by molar-refractivity contribution is 6.20. The van der Waals surface area contributed by atoms with Gasteiger partial charge in [-0.15, -0.1) is 11.6 Å². The van der Waals surface area contributed by atoms with Crippen LogP contribution in [0.1, 0.15) is 64.2 Å². The Balaban J connectivity index is 1.45. The van der Waals surface area contributed by atoms with E-state index in [9.17, 15) is 4.79 Å². The number of esters is 1. The number of hydrogen-bond acceptors (Lipinski definition) is 2. The number of halogens is 1. The van der Waals surface area contributed by atoms with Crippen LogP contribution in [0.5, 0.6) is 0 Å². The molecule has 0 spiro atoms. The minimum atomic E-state index is -0.0464. The second-order valence-electron chi connectivity index (χ2n) is 6.31. The summed E-state index contributed by atoms with van der Waals surface area (Å²) in [6.45, 7) is 0.433. The quantitative estimate of drug-likeness (QED) is 0.277. The molecule has 0 aromatic heterocycles. The van der Waals surface area contributed by atoms with Gasteiger partial charge in [-0.3, -0.25) is 4.79 Å². The van der Waals surface area contributed by atoms with Crippen LogP contribution in [0, 0.1) is 11.8 Å². The van der Waals surface area contributed by atoms with E-state index in [4.69, 9.17) is 16.3 Å². The Morgan fingerprint density at radius 2 is 1.85 bits per heavy atom. The molecule has 0 saturated heterocycles. The molecule has 2 rings (SSSR count). The first kappa shape index (κ1) is 15.9. The van der Waals surface area contributed by atoms with E-state index >= 15 is 0 Å². The van der Waals surface area contributed by atoms with Gasteiger partial charge in [0, 0.05) is 11.8 Å². The van der Waals surface area contributed by atoms with Crippen molar-refractivity contribution in [2.24, 2.45) is 11.8 Å². The fourth-order valence-corrected chi connectivity index (χ4v) is 3.09. The molecular weight excluding hydrogens is 272 g/mol. The van der Waals surface area contributed by atoms with E-state index in [0.717, 1.165) is 25.2 Å². The second kappa shape index (κ2) is 8.71. The highest BCUT2D eigenvalue weighted by atomic mass is 35.5. The van der Waals surface area contributed by atoms with E-state index in [0.29, 0.717) is 24.3 Å². The van der Waals surface area contributed by atoms with Crippen molar-refractivity contribution in [2.45, 2.75) is 69.6 Å². The number of carbonyl (C=O) groups excluding carboxylic acids is 1. The zero-order valence-electron chi connectivity index (χ0n) is 12.4. The molecular formula is C17H27ClO2. The molecule has 2 aliphatic carbocycles. The molecule has 2 saturated carbocycles. The lowest BCUT2D eigenvalue weighted by molar-refractivity contribution is -0.142. The summed E-state index contributed by atoms with van der Waals surface area (Å²) in [6.07, 6.45) is 15.6. The number of ether oxygens (including phenoxy) is 1. The Morgan fingerprint density at radius 1 is 1.10 bits per heavy atom. The van der Waals surface area contributed by atoms with Crippen molar-refractivity contribution in [3.05, 3.63) is 12.2 Å². The monoisotopic (exact) mass is 298 g/mol. The highest BCUT2D eigenvalue weighted by Gasteiger charge is 2.20. The molecule has 0 radical (unpaired) electrons. The summed E-state index contributed by atoms with van der Waals surface area (Å²) < 4.78 is 5.23. The molecule has 0 heterocycles. The smallest absolute Gasteiger partial charge is 0.306 e. The number of rotatable bonds is 8. The number of carbonyl (C=O) groups is 1.